The molecule has 0 saturated carbocycles. The van der Waals surface area contributed by atoms with Gasteiger partial charge in [-0.3, -0.25) is 14.5 Å². The number of aryl methyl sites for hydroxylation is 2. The summed E-state index contributed by atoms with van der Waals surface area (Å²) in [4.78, 5) is 33.3. The van der Waals surface area contributed by atoms with Crippen LogP contribution in [-0.4, -0.2) is 59.1 Å². The first-order valence-electron chi connectivity index (χ1n) is 14.5. The number of fused-ring (bicyclic) bond motifs is 1. The summed E-state index contributed by atoms with van der Waals surface area (Å²) in [5, 5.41) is 6.17. The van der Waals surface area contributed by atoms with Crippen molar-refractivity contribution >= 4 is 11.8 Å². The maximum Gasteiger partial charge on any atom is 0.255 e. The van der Waals surface area contributed by atoms with Gasteiger partial charge in [-0.25, -0.2) is 4.98 Å². The summed E-state index contributed by atoms with van der Waals surface area (Å²) in [7, 11) is 0. The van der Waals surface area contributed by atoms with Gasteiger partial charge in [0.05, 0.1) is 17.5 Å². The number of amides is 2. The van der Waals surface area contributed by atoms with E-state index in [0.29, 0.717) is 31.0 Å². The minimum absolute atomic E-state index is 0.114. The van der Waals surface area contributed by atoms with Gasteiger partial charge in [-0.2, -0.15) is 0 Å². The standard InChI is InChI=1S/C32H41N5O3/c1-23-10-11-29(35-21-23)37-24(2)20-26(25(37)3)22-36-17-13-32(14-18-36)12-6-7-15-33-30(38)27-8-4-5-9-28(27)40-19-16-34-31(32)39/h4-5,8-11,20-21H,6-7,12-19,22H2,1-3H3,(H,33,38)(H,34,39). The number of hydrogen-bond donors (Lipinski definition) is 2. The van der Waals surface area contributed by atoms with Gasteiger partial charge in [0.15, 0.2) is 0 Å². The molecule has 8 heteroatoms. The molecule has 0 unspecified atom stereocenters. The molecule has 2 amide bonds. The molecule has 3 aromatic rings. The summed E-state index contributed by atoms with van der Waals surface area (Å²) < 4.78 is 8.11. The molecule has 0 aliphatic carbocycles. The third kappa shape index (κ3) is 6.07. The number of nitrogens with zero attached hydrogens (tertiary/aromatic N) is 3. The second kappa shape index (κ2) is 12.3. The van der Waals surface area contributed by atoms with Crippen LogP contribution in [0, 0.1) is 26.2 Å². The average Bonchev–Trinajstić information content (AvgIpc) is 3.24. The maximum absolute atomic E-state index is 13.5. The number of aromatic nitrogens is 2. The van der Waals surface area contributed by atoms with Gasteiger partial charge in [0.25, 0.3) is 5.91 Å². The summed E-state index contributed by atoms with van der Waals surface area (Å²) in [6, 6.07) is 13.7. The third-order valence-electron chi connectivity index (χ3n) is 8.49. The summed E-state index contributed by atoms with van der Waals surface area (Å²) in [6.45, 7) is 10.3. The molecule has 2 aromatic heterocycles. The molecule has 1 spiro atoms. The largest absolute Gasteiger partial charge is 0.491 e. The fourth-order valence-electron chi connectivity index (χ4n) is 6.08. The highest BCUT2D eigenvalue weighted by Crippen LogP contribution is 2.38. The van der Waals surface area contributed by atoms with Crippen LogP contribution >= 0.6 is 0 Å². The quantitative estimate of drug-likeness (QED) is 0.508. The van der Waals surface area contributed by atoms with E-state index < -0.39 is 0 Å². The van der Waals surface area contributed by atoms with Crippen molar-refractivity contribution in [2.75, 3.05) is 32.8 Å². The van der Waals surface area contributed by atoms with Crippen LogP contribution in [0.3, 0.4) is 0 Å². The average molecular weight is 544 g/mol. The van der Waals surface area contributed by atoms with E-state index in [1.54, 1.807) is 12.1 Å². The van der Waals surface area contributed by atoms with Gasteiger partial charge in [-0.15, -0.1) is 0 Å². The lowest BCUT2D eigenvalue weighted by Crippen LogP contribution is -2.49. The minimum Gasteiger partial charge on any atom is -0.491 e. The number of pyridine rings is 1. The van der Waals surface area contributed by atoms with Gasteiger partial charge < -0.3 is 19.9 Å². The fraction of sp³-hybridized carbons (Fsp3) is 0.469. The number of ether oxygens (including phenoxy) is 1. The normalized spacial score (nSPS) is 18.8. The molecule has 1 aromatic carbocycles. The van der Waals surface area contributed by atoms with Crippen LogP contribution in [0.4, 0.5) is 0 Å². The topological polar surface area (TPSA) is 88.5 Å². The Balaban J connectivity index is 1.23. The van der Waals surface area contributed by atoms with Crippen LogP contribution in [0.15, 0.2) is 48.7 Å². The Kier molecular flexibility index (Phi) is 8.54. The smallest absolute Gasteiger partial charge is 0.255 e. The fourth-order valence-corrected chi connectivity index (χ4v) is 6.08. The van der Waals surface area contributed by atoms with E-state index in [1.807, 2.05) is 18.3 Å². The van der Waals surface area contributed by atoms with E-state index in [0.717, 1.165) is 63.1 Å². The molecule has 1 saturated heterocycles. The highest BCUT2D eigenvalue weighted by atomic mass is 16.5. The highest BCUT2D eigenvalue weighted by molar-refractivity contribution is 5.96. The van der Waals surface area contributed by atoms with E-state index >= 15 is 0 Å². The van der Waals surface area contributed by atoms with Gasteiger partial charge in [0.2, 0.25) is 5.91 Å². The van der Waals surface area contributed by atoms with Crippen LogP contribution in [0.25, 0.3) is 5.82 Å². The maximum atomic E-state index is 13.5. The van der Waals surface area contributed by atoms with E-state index in [4.69, 9.17) is 4.74 Å². The zero-order valence-electron chi connectivity index (χ0n) is 24.0. The van der Waals surface area contributed by atoms with E-state index in [1.165, 1.54) is 17.0 Å². The lowest BCUT2D eigenvalue weighted by atomic mass is 9.73. The molecule has 4 heterocycles. The molecular formula is C32H41N5O3. The molecule has 5 rings (SSSR count). The molecule has 0 radical (unpaired) electrons. The molecule has 40 heavy (non-hydrogen) atoms. The predicted molar refractivity (Wildman–Crippen MR) is 156 cm³/mol. The van der Waals surface area contributed by atoms with Crippen molar-refractivity contribution in [1.29, 1.82) is 0 Å². The van der Waals surface area contributed by atoms with Crippen LogP contribution in [0.2, 0.25) is 0 Å². The lowest BCUT2D eigenvalue weighted by molar-refractivity contribution is -0.134. The monoisotopic (exact) mass is 543 g/mol. The number of carbonyl (C=O) groups is 2. The first-order valence-corrected chi connectivity index (χ1v) is 14.5. The second-order valence-electron chi connectivity index (χ2n) is 11.3. The first kappa shape index (κ1) is 27.9. The predicted octanol–water partition coefficient (Wildman–Crippen LogP) is 4.49. The number of rotatable bonds is 3. The molecule has 212 valence electrons. The van der Waals surface area contributed by atoms with Crippen LogP contribution in [0.1, 0.15) is 65.0 Å². The third-order valence-corrected chi connectivity index (χ3v) is 8.49. The SMILES string of the molecule is Cc1ccc(-n2c(C)cc(CN3CCC4(CCCCNC(=O)c5ccccc5OCCNC4=O)CC3)c2C)nc1. The van der Waals surface area contributed by atoms with Gasteiger partial charge in [-0.05, 0) is 94.9 Å². The van der Waals surface area contributed by atoms with Gasteiger partial charge in [0.1, 0.15) is 18.2 Å². The van der Waals surface area contributed by atoms with Crippen LogP contribution < -0.4 is 15.4 Å². The molecule has 0 atom stereocenters. The Morgan fingerprint density at radius 3 is 2.52 bits per heavy atom. The summed E-state index contributed by atoms with van der Waals surface area (Å²) in [5.74, 6) is 1.52. The number of carbonyl (C=O) groups excluding carboxylic acids is 2. The van der Waals surface area contributed by atoms with E-state index in [9.17, 15) is 9.59 Å². The number of hydrogen-bond acceptors (Lipinski definition) is 5. The van der Waals surface area contributed by atoms with Gasteiger partial charge in [-0.1, -0.05) is 24.6 Å². The number of para-hydroxylation sites is 1. The summed E-state index contributed by atoms with van der Waals surface area (Å²) in [6.07, 6.45) is 6.13. The van der Waals surface area contributed by atoms with E-state index in [-0.39, 0.29) is 17.2 Å². The van der Waals surface area contributed by atoms with Crippen LogP contribution in [-0.2, 0) is 11.3 Å². The Morgan fingerprint density at radius 2 is 1.75 bits per heavy atom. The first-order chi connectivity index (χ1) is 19.4. The second-order valence-corrected chi connectivity index (χ2v) is 11.3. The Hall–Kier alpha value is -3.65. The van der Waals surface area contributed by atoms with Crippen molar-refractivity contribution in [3.8, 4) is 11.6 Å². The zero-order chi connectivity index (χ0) is 28.1. The molecule has 2 aliphatic heterocycles. The number of likely N-dealkylation sites (tertiary alicyclic amines) is 1. The molecule has 2 aliphatic rings. The summed E-state index contributed by atoms with van der Waals surface area (Å²) in [5.41, 5.74) is 5.00. The van der Waals surface area contributed by atoms with Crippen molar-refractivity contribution < 1.29 is 14.3 Å². The number of benzene rings is 1. The molecule has 0 bridgehead atoms. The molecular weight excluding hydrogens is 502 g/mol. The number of nitrogens with one attached hydrogen (secondary N) is 2. The Bertz CT molecular complexity index is 1340. The number of piperidine rings is 1. The van der Waals surface area contributed by atoms with Crippen molar-refractivity contribution in [2.24, 2.45) is 5.41 Å². The lowest BCUT2D eigenvalue weighted by Gasteiger charge is -2.41. The van der Waals surface area contributed by atoms with Crippen molar-refractivity contribution in [3.05, 3.63) is 76.7 Å². The summed E-state index contributed by atoms with van der Waals surface area (Å²) >= 11 is 0. The molecule has 8 nitrogen and oxygen atoms in total. The zero-order valence-corrected chi connectivity index (χ0v) is 24.0. The Morgan fingerprint density at radius 1 is 0.950 bits per heavy atom. The van der Waals surface area contributed by atoms with Crippen molar-refractivity contribution in [1.82, 2.24) is 25.1 Å². The molecule has 2 N–H and O–H groups in total. The highest BCUT2D eigenvalue weighted by Gasteiger charge is 2.40. The van der Waals surface area contributed by atoms with Crippen molar-refractivity contribution in [2.45, 2.75) is 59.4 Å². The van der Waals surface area contributed by atoms with Crippen molar-refractivity contribution in [3.63, 3.8) is 0 Å². The Labute approximate surface area is 237 Å². The molecule has 1 fully saturated rings. The van der Waals surface area contributed by atoms with E-state index in [2.05, 4.69) is 64.1 Å². The van der Waals surface area contributed by atoms with Crippen LogP contribution in [0.5, 0.6) is 5.75 Å². The van der Waals surface area contributed by atoms with Gasteiger partial charge >= 0.3 is 0 Å². The van der Waals surface area contributed by atoms with Gasteiger partial charge in [0, 0.05) is 30.7 Å². The minimum atomic E-state index is -0.384.